The lowest BCUT2D eigenvalue weighted by molar-refractivity contribution is -0.129. The van der Waals surface area contributed by atoms with Crippen LogP contribution in [-0.2, 0) is 24.3 Å². The van der Waals surface area contributed by atoms with Crippen molar-refractivity contribution in [1.29, 1.82) is 0 Å². The molecule has 7 heteroatoms. The number of nitrogens with one attached hydrogen (secondary N) is 2. The summed E-state index contributed by atoms with van der Waals surface area (Å²) in [5, 5.41) is 7.12. The molecule has 0 unspecified atom stereocenters. The van der Waals surface area contributed by atoms with Gasteiger partial charge in [0.15, 0.2) is 0 Å². The third kappa shape index (κ3) is 5.97. The quantitative estimate of drug-likeness (QED) is 0.593. The zero-order valence-corrected chi connectivity index (χ0v) is 19.0. The number of nitrogens with zero attached hydrogens (tertiary/aromatic N) is 3. The Labute approximate surface area is 190 Å². The van der Waals surface area contributed by atoms with Crippen LogP contribution in [0.2, 0.25) is 5.02 Å². The molecule has 1 aromatic carbocycles. The van der Waals surface area contributed by atoms with E-state index in [0.717, 1.165) is 36.8 Å². The van der Waals surface area contributed by atoms with E-state index in [4.69, 9.17) is 11.6 Å². The molecule has 2 N–H and O–H groups in total. The van der Waals surface area contributed by atoms with Gasteiger partial charge in [0.05, 0.1) is 23.8 Å². The Morgan fingerprint density at radius 2 is 2.16 bits per heavy atom. The summed E-state index contributed by atoms with van der Waals surface area (Å²) in [5.74, 6) is 0.956. The van der Waals surface area contributed by atoms with Crippen LogP contribution < -0.4 is 10.6 Å². The third-order valence-corrected chi connectivity index (χ3v) is 6.49. The number of benzene rings is 1. The lowest BCUT2D eigenvalue weighted by Crippen LogP contribution is -2.39. The highest BCUT2D eigenvalue weighted by Crippen LogP contribution is 2.32. The maximum atomic E-state index is 13.0. The van der Waals surface area contributed by atoms with Crippen molar-refractivity contribution in [2.45, 2.75) is 32.4 Å². The zero-order valence-electron chi connectivity index (χ0n) is 18.2. The fraction of sp³-hybridized carbons (Fsp3) is 0.500. The lowest BCUT2D eigenvalue weighted by atomic mass is 9.97. The van der Waals surface area contributed by atoms with Gasteiger partial charge in [0, 0.05) is 44.6 Å². The average molecular weight is 442 g/mol. The highest BCUT2D eigenvalue weighted by atomic mass is 35.5. The molecule has 31 heavy (non-hydrogen) atoms. The molecule has 166 valence electrons. The average Bonchev–Trinajstić information content (AvgIpc) is 3.60. The van der Waals surface area contributed by atoms with E-state index >= 15 is 0 Å². The molecule has 1 aliphatic heterocycles. The van der Waals surface area contributed by atoms with E-state index in [1.165, 1.54) is 30.5 Å². The molecule has 0 radical (unpaired) electrons. The van der Waals surface area contributed by atoms with E-state index in [-0.39, 0.29) is 12.5 Å². The molecule has 2 heterocycles. The summed E-state index contributed by atoms with van der Waals surface area (Å²) in [6.07, 6.45) is 5.52. The second-order valence-corrected chi connectivity index (χ2v) is 8.98. The van der Waals surface area contributed by atoms with Crippen LogP contribution in [0.5, 0.6) is 0 Å². The van der Waals surface area contributed by atoms with Crippen molar-refractivity contribution in [2.75, 3.05) is 45.1 Å². The minimum absolute atomic E-state index is 0.0424. The van der Waals surface area contributed by atoms with Crippen LogP contribution in [-0.4, -0.2) is 60.5 Å². The lowest BCUT2D eigenvalue weighted by Gasteiger charge is -2.30. The topological polar surface area (TPSA) is 60.5 Å². The summed E-state index contributed by atoms with van der Waals surface area (Å²) in [6.45, 7) is 5.33. The fourth-order valence-electron chi connectivity index (χ4n) is 4.19. The molecule has 1 aliphatic carbocycles. The Morgan fingerprint density at radius 1 is 1.29 bits per heavy atom. The number of carbonyl (C=O) groups is 1. The Balaban J connectivity index is 1.39. The molecule has 0 saturated heterocycles. The first-order valence-corrected chi connectivity index (χ1v) is 11.6. The SMILES string of the molecule is CNCCN(Cc1ncccc1Cl)C(=O)CNc1cccc2c1CCN(CC1CC1)C2. The van der Waals surface area contributed by atoms with Crippen LogP contribution in [0.1, 0.15) is 29.7 Å². The normalized spacial score (nSPS) is 16.1. The van der Waals surface area contributed by atoms with Crippen molar-refractivity contribution in [3.05, 3.63) is 58.4 Å². The number of hydrogen-bond acceptors (Lipinski definition) is 5. The summed E-state index contributed by atoms with van der Waals surface area (Å²) >= 11 is 6.27. The van der Waals surface area contributed by atoms with Crippen LogP contribution in [0.3, 0.4) is 0 Å². The van der Waals surface area contributed by atoms with Crippen LogP contribution in [0.15, 0.2) is 36.5 Å². The first-order valence-electron chi connectivity index (χ1n) is 11.2. The Bertz CT molecular complexity index is 901. The Morgan fingerprint density at radius 3 is 2.94 bits per heavy atom. The van der Waals surface area contributed by atoms with Gasteiger partial charge in [-0.3, -0.25) is 14.7 Å². The molecule has 6 nitrogen and oxygen atoms in total. The molecule has 0 bridgehead atoms. The molecule has 1 fully saturated rings. The third-order valence-electron chi connectivity index (χ3n) is 6.15. The van der Waals surface area contributed by atoms with E-state index in [1.54, 1.807) is 12.3 Å². The summed E-state index contributed by atoms with van der Waals surface area (Å²) in [4.78, 5) is 21.8. The molecular formula is C24H32ClN5O. The van der Waals surface area contributed by atoms with Crippen molar-refractivity contribution < 1.29 is 4.79 Å². The number of rotatable bonds is 10. The number of pyridine rings is 1. The highest BCUT2D eigenvalue weighted by Gasteiger charge is 2.27. The number of likely N-dealkylation sites (N-methyl/N-ethyl adjacent to an activating group) is 1. The smallest absolute Gasteiger partial charge is 0.242 e. The summed E-state index contributed by atoms with van der Waals surface area (Å²) in [7, 11) is 1.89. The summed E-state index contributed by atoms with van der Waals surface area (Å²) < 4.78 is 0. The van der Waals surface area contributed by atoms with Crippen molar-refractivity contribution in [3.8, 4) is 0 Å². The van der Waals surface area contributed by atoms with E-state index in [9.17, 15) is 4.79 Å². The van der Waals surface area contributed by atoms with Crippen LogP contribution >= 0.6 is 11.6 Å². The van der Waals surface area contributed by atoms with Gasteiger partial charge in [-0.05, 0) is 61.6 Å². The molecule has 2 aromatic rings. The van der Waals surface area contributed by atoms with Crippen LogP contribution in [0, 0.1) is 5.92 Å². The van der Waals surface area contributed by atoms with E-state index in [2.05, 4.69) is 38.7 Å². The summed E-state index contributed by atoms with van der Waals surface area (Å²) in [6, 6.07) is 10.0. The van der Waals surface area contributed by atoms with Crippen LogP contribution in [0.25, 0.3) is 0 Å². The van der Waals surface area contributed by atoms with E-state index in [1.807, 2.05) is 18.0 Å². The number of halogens is 1. The minimum Gasteiger partial charge on any atom is -0.376 e. The maximum Gasteiger partial charge on any atom is 0.242 e. The number of hydrogen-bond donors (Lipinski definition) is 2. The summed E-state index contributed by atoms with van der Waals surface area (Å²) in [5.41, 5.74) is 4.55. The zero-order chi connectivity index (χ0) is 21.6. The number of fused-ring (bicyclic) bond motifs is 1. The van der Waals surface area contributed by atoms with Crippen molar-refractivity contribution in [3.63, 3.8) is 0 Å². The van der Waals surface area contributed by atoms with Gasteiger partial charge in [-0.25, -0.2) is 0 Å². The van der Waals surface area contributed by atoms with Gasteiger partial charge in [-0.2, -0.15) is 0 Å². The molecule has 2 aliphatic rings. The largest absolute Gasteiger partial charge is 0.376 e. The first kappa shape index (κ1) is 22.1. The van der Waals surface area contributed by atoms with Gasteiger partial charge in [0.25, 0.3) is 0 Å². The standard InChI is InChI=1S/C24H32ClN5O/c1-26-11-13-30(17-23-21(25)5-3-10-27-23)24(31)14-28-22-6-2-4-19-16-29(12-9-20(19)22)15-18-7-8-18/h2-6,10,18,26,28H,7-9,11-17H2,1H3. The molecule has 1 aromatic heterocycles. The van der Waals surface area contributed by atoms with Gasteiger partial charge < -0.3 is 15.5 Å². The van der Waals surface area contributed by atoms with Crippen molar-refractivity contribution in [2.24, 2.45) is 5.92 Å². The maximum absolute atomic E-state index is 13.0. The molecule has 1 saturated carbocycles. The van der Waals surface area contributed by atoms with Crippen LogP contribution in [0.4, 0.5) is 5.69 Å². The van der Waals surface area contributed by atoms with Gasteiger partial charge >= 0.3 is 0 Å². The molecule has 0 spiro atoms. The number of amides is 1. The van der Waals surface area contributed by atoms with E-state index in [0.29, 0.717) is 24.7 Å². The first-order chi connectivity index (χ1) is 15.1. The minimum atomic E-state index is 0.0424. The van der Waals surface area contributed by atoms with Crippen molar-refractivity contribution in [1.82, 2.24) is 20.1 Å². The second kappa shape index (κ2) is 10.4. The number of anilines is 1. The van der Waals surface area contributed by atoms with Crippen molar-refractivity contribution >= 4 is 23.2 Å². The monoisotopic (exact) mass is 441 g/mol. The number of aromatic nitrogens is 1. The number of carbonyl (C=O) groups excluding carboxylic acids is 1. The predicted octanol–water partition coefficient (Wildman–Crippen LogP) is 3.16. The van der Waals surface area contributed by atoms with Gasteiger partial charge in [0.1, 0.15) is 0 Å². The second-order valence-electron chi connectivity index (χ2n) is 8.58. The molecular weight excluding hydrogens is 410 g/mol. The predicted molar refractivity (Wildman–Crippen MR) is 125 cm³/mol. The Kier molecular flexibility index (Phi) is 7.43. The van der Waals surface area contributed by atoms with Gasteiger partial charge in [-0.15, -0.1) is 0 Å². The molecule has 0 atom stereocenters. The Hall–Kier alpha value is -2.15. The molecule has 4 rings (SSSR count). The fourth-order valence-corrected chi connectivity index (χ4v) is 4.37. The molecule has 1 amide bonds. The highest BCUT2D eigenvalue weighted by molar-refractivity contribution is 6.31. The van der Waals surface area contributed by atoms with Gasteiger partial charge in [-0.1, -0.05) is 23.7 Å². The van der Waals surface area contributed by atoms with E-state index < -0.39 is 0 Å². The van der Waals surface area contributed by atoms with Gasteiger partial charge in [0.2, 0.25) is 5.91 Å².